The number of halogens is 1. The molecule has 10 heteroatoms. The number of aliphatic imine (C=N–C) groups is 1. The minimum atomic E-state index is -3.51. The topological polar surface area (TPSA) is 112 Å². The third-order valence-electron chi connectivity index (χ3n) is 4.61. The van der Waals surface area contributed by atoms with E-state index in [0.29, 0.717) is 19.4 Å². The minimum Gasteiger partial charge on any atom is -0.303 e. The van der Waals surface area contributed by atoms with Gasteiger partial charge < -0.3 is 5.73 Å². The van der Waals surface area contributed by atoms with Crippen molar-refractivity contribution in [3.8, 4) is 0 Å². The van der Waals surface area contributed by atoms with Crippen molar-refractivity contribution in [3.63, 3.8) is 0 Å². The maximum absolute atomic E-state index is 14.5. The first-order valence-electron chi connectivity index (χ1n) is 8.55. The second-order valence-electron chi connectivity index (χ2n) is 8.02. The molecular weight excluding hydrogens is 347 g/mol. The van der Waals surface area contributed by atoms with E-state index in [2.05, 4.69) is 26.3 Å². The zero-order chi connectivity index (χ0) is 18.4. The van der Waals surface area contributed by atoms with Crippen molar-refractivity contribution in [1.29, 1.82) is 0 Å². The van der Waals surface area contributed by atoms with E-state index in [4.69, 9.17) is 5.73 Å². The lowest BCUT2D eigenvalue weighted by atomic mass is 9.86. The van der Waals surface area contributed by atoms with Gasteiger partial charge in [-0.25, -0.2) is 33.0 Å². The fourth-order valence-corrected chi connectivity index (χ4v) is 5.27. The molecule has 3 aliphatic rings. The Morgan fingerprint density at radius 3 is 2.84 bits per heavy atom. The summed E-state index contributed by atoms with van der Waals surface area (Å²) in [6, 6.07) is 0. The molecule has 5 atom stereocenters. The zero-order valence-electron chi connectivity index (χ0n) is 14.8. The Hall–Kier alpha value is -0.870. The summed E-state index contributed by atoms with van der Waals surface area (Å²) in [7, 11) is -3.51. The van der Waals surface area contributed by atoms with E-state index < -0.39 is 39.4 Å². The van der Waals surface area contributed by atoms with Crippen LogP contribution in [-0.2, 0) is 10.0 Å². The molecule has 0 aromatic carbocycles. The highest BCUT2D eigenvalue weighted by Gasteiger charge is 2.43. The fourth-order valence-electron chi connectivity index (χ4n) is 3.58. The second-order valence-corrected chi connectivity index (χ2v) is 9.98. The quantitative estimate of drug-likeness (QED) is 0.525. The average Bonchev–Trinajstić information content (AvgIpc) is 2.86. The molecule has 2 fully saturated rings. The summed E-state index contributed by atoms with van der Waals surface area (Å²) < 4.78 is 42.3. The predicted molar refractivity (Wildman–Crippen MR) is 93.8 cm³/mol. The van der Waals surface area contributed by atoms with Gasteiger partial charge in [0.25, 0.3) is 0 Å². The standard InChI is InChI=1S/C15H27FN6O2S/c1-15(2,3)21-25(23,24)11-4-9(6-18-7-11)10-5-12(16)13-19-14(17)20-22(13)8-10/h10-14,19-21H,4-5,7-8,17H2,1-3H3. The van der Waals surface area contributed by atoms with E-state index in [1.54, 1.807) is 25.8 Å². The van der Waals surface area contributed by atoms with E-state index in [9.17, 15) is 12.8 Å². The lowest BCUT2D eigenvalue weighted by molar-refractivity contribution is 0.0347. The molecule has 0 saturated carbocycles. The first kappa shape index (κ1) is 18.9. The van der Waals surface area contributed by atoms with E-state index in [1.165, 1.54) is 0 Å². The van der Waals surface area contributed by atoms with Crippen LogP contribution < -0.4 is 21.2 Å². The maximum Gasteiger partial charge on any atom is 0.217 e. The van der Waals surface area contributed by atoms with Crippen molar-refractivity contribution >= 4 is 15.9 Å². The van der Waals surface area contributed by atoms with Crippen molar-refractivity contribution in [1.82, 2.24) is 20.5 Å². The van der Waals surface area contributed by atoms with Crippen LogP contribution in [-0.4, -0.2) is 61.8 Å². The maximum atomic E-state index is 14.5. The largest absolute Gasteiger partial charge is 0.303 e. The average molecular weight is 374 g/mol. The number of hydrazine groups is 1. The Kier molecular flexibility index (Phi) is 5.06. The molecule has 142 valence electrons. The predicted octanol–water partition coefficient (Wildman–Crippen LogP) is -0.591. The summed E-state index contributed by atoms with van der Waals surface area (Å²) >= 11 is 0. The summed E-state index contributed by atoms with van der Waals surface area (Å²) in [6.07, 6.45) is -1.39. The highest BCUT2D eigenvalue weighted by atomic mass is 32.2. The van der Waals surface area contributed by atoms with Gasteiger partial charge in [0, 0.05) is 18.0 Å². The van der Waals surface area contributed by atoms with Gasteiger partial charge in [-0.1, -0.05) is 0 Å². The SMILES string of the molecule is CC(C)(C)NS(=O)(=O)C1CN=C=C(C2CC(F)C3NC(N)NN3C2)C1. The van der Waals surface area contributed by atoms with E-state index >= 15 is 0 Å². The lowest BCUT2D eigenvalue weighted by Crippen LogP contribution is -2.53. The highest BCUT2D eigenvalue weighted by Crippen LogP contribution is 2.32. The van der Waals surface area contributed by atoms with Gasteiger partial charge in [-0.3, -0.25) is 5.32 Å². The molecule has 8 nitrogen and oxygen atoms in total. The molecule has 0 aromatic heterocycles. The van der Waals surface area contributed by atoms with Crippen LogP contribution in [0.5, 0.6) is 0 Å². The molecule has 3 rings (SSSR count). The lowest BCUT2D eigenvalue weighted by Gasteiger charge is -2.37. The molecule has 3 heterocycles. The van der Waals surface area contributed by atoms with Crippen LogP contribution in [0.25, 0.3) is 0 Å². The minimum absolute atomic E-state index is 0.137. The number of fused-ring (bicyclic) bond motifs is 1. The Balaban J connectivity index is 1.70. The second kappa shape index (κ2) is 6.70. The molecule has 0 spiro atoms. The summed E-state index contributed by atoms with van der Waals surface area (Å²) in [6.45, 7) is 6.13. The smallest absolute Gasteiger partial charge is 0.217 e. The van der Waals surface area contributed by atoms with Crippen molar-refractivity contribution in [2.24, 2.45) is 16.6 Å². The number of sulfonamides is 1. The summed E-state index contributed by atoms with van der Waals surface area (Å²) in [4.78, 5) is 4.13. The molecule has 3 aliphatic heterocycles. The van der Waals surface area contributed by atoms with Gasteiger partial charge >= 0.3 is 0 Å². The van der Waals surface area contributed by atoms with Gasteiger partial charge in [0.2, 0.25) is 10.0 Å². The van der Waals surface area contributed by atoms with Crippen molar-refractivity contribution in [2.45, 2.75) is 63.0 Å². The molecule has 0 amide bonds. The number of alkyl halides is 1. The van der Waals surface area contributed by atoms with Gasteiger partial charge in [-0.05, 0) is 45.1 Å². The van der Waals surface area contributed by atoms with E-state index in [1.807, 2.05) is 0 Å². The molecule has 0 aromatic rings. The third-order valence-corrected chi connectivity index (χ3v) is 6.70. The molecule has 0 bridgehead atoms. The number of piperidine rings is 1. The number of rotatable bonds is 3. The highest BCUT2D eigenvalue weighted by molar-refractivity contribution is 7.90. The normalized spacial score (nSPS) is 37.0. The molecule has 5 unspecified atom stereocenters. The van der Waals surface area contributed by atoms with Gasteiger partial charge in [0.1, 0.15) is 23.9 Å². The van der Waals surface area contributed by atoms with E-state index in [0.717, 1.165) is 5.57 Å². The van der Waals surface area contributed by atoms with Crippen molar-refractivity contribution in [3.05, 3.63) is 5.57 Å². The van der Waals surface area contributed by atoms with Crippen LogP contribution in [0.1, 0.15) is 33.6 Å². The Bertz CT molecular complexity index is 685. The van der Waals surface area contributed by atoms with Crippen molar-refractivity contribution in [2.75, 3.05) is 13.1 Å². The number of nitrogens with zero attached hydrogens (tertiary/aromatic N) is 2. The molecule has 2 saturated heterocycles. The number of nitrogens with two attached hydrogens (primary N) is 1. The van der Waals surface area contributed by atoms with Crippen LogP contribution in [0.3, 0.4) is 0 Å². The van der Waals surface area contributed by atoms with Crippen LogP contribution in [0.15, 0.2) is 10.6 Å². The Morgan fingerprint density at radius 1 is 1.44 bits per heavy atom. The van der Waals surface area contributed by atoms with Gasteiger partial charge in [0.15, 0.2) is 0 Å². The van der Waals surface area contributed by atoms with E-state index in [-0.39, 0.29) is 12.5 Å². The zero-order valence-corrected chi connectivity index (χ0v) is 15.6. The summed E-state index contributed by atoms with van der Waals surface area (Å²) in [5, 5.41) is 4.05. The Morgan fingerprint density at radius 2 is 2.16 bits per heavy atom. The summed E-state index contributed by atoms with van der Waals surface area (Å²) in [5.74, 6) is 2.81. The van der Waals surface area contributed by atoms with Crippen LogP contribution in [0.4, 0.5) is 4.39 Å². The van der Waals surface area contributed by atoms with Gasteiger partial charge in [-0.2, -0.15) is 0 Å². The number of nitrogens with one attached hydrogen (secondary N) is 3. The van der Waals surface area contributed by atoms with Gasteiger partial charge in [0.05, 0.1) is 6.54 Å². The van der Waals surface area contributed by atoms with Crippen LogP contribution >= 0.6 is 0 Å². The number of hydrogen-bond donors (Lipinski definition) is 4. The first-order valence-corrected chi connectivity index (χ1v) is 10.1. The number of hydrogen-bond acceptors (Lipinski definition) is 7. The first-order chi connectivity index (χ1) is 11.5. The Labute approximate surface area is 148 Å². The summed E-state index contributed by atoms with van der Waals surface area (Å²) in [5.41, 5.74) is 8.96. The monoisotopic (exact) mass is 374 g/mol. The van der Waals surface area contributed by atoms with Crippen molar-refractivity contribution < 1.29 is 12.8 Å². The molecule has 5 N–H and O–H groups in total. The fraction of sp³-hybridized carbons (Fsp3) is 0.867. The van der Waals surface area contributed by atoms with Gasteiger partial charge in [-0.15, -0.1) is 0 Å². The molecular formula is C15H27FN6O2S. The molecule has 25 heavy (non-hydrogen) atoms. The molecule has 0 aliphatic carbocycles. The van der Waals surface area contributed by atoms with Crippen LogP contribution in [0, 0.1) is 5.92 Å². The molecule has 0 radical (unpaired) electrons. The third kappa shape index (κ3) is 4.28. The van der Waals surface area contributed by atoms with Crippen LogP contribution in [0.2, 0.25) is 0 Å².